The summed E-state index contributed by atoms with van der Waals surface area (Å²) in [5.41, 5.74) is 0.231. The Hall–Kier alpha value is -2.35. The van der Waals surface area contributed by atoms with Gasteiger partial charge in [0.2, 0.25) is 0 Å². The van der Waals surface area contributed by atoms with E-state index in [4.69, 9.17) is 11.6 Å². The highest BCUT2D eigenvalue weighted by Gasteiger charge is 2.33. The molecule has 2 atom stereocenters. The lowest BCUT2D eigenvalue weighted by Crippen LogP contribution is -2.45. The maximum Gasteiger partial charge on any atom is 0.251 e. The molecule has 0 saturated heterocycles. The van der Waals surface area contributed by atoms with Gasteiger partial charge in [-0.05, 0) is 49.6 Å². The van der Waals surface area contributed by atoms with Crippen LogP contribution in [0.25, 0.3) is 0 Å². The minimum absolute atomic E-state index is 0.104. The van der Waals surface area contributed by atoms with Crippen molar-refractivity contribution in [3.8, 4) is 11.8 Å². The van der Waals surface area contributed by atoms with Crippen molar-refractivity contribution in [2.45, 2.75) is 37.3 Å². The lowest BCUT2D eigenvalue weighted by Gasteiger charge is -2.33. The molecule has 2 aromatic rings. The monoisotopic (exact) mass is 354 g/mol. The Morgan fingerprint density at radius 1 is 1.32 bits per heavy atom. The number of aromatic nitrogens is 1. The minimum Gasteiger partial charge on any atom is -0.378 e. The predicted molar refractivity (Wildman–Crippen MR) is 97.2 cm³/mol. The number of carbonyl (C=O) groups excluding carboxylic acids is 1. The van der Waals surface area contributed by atoms with E-state index in [1.165, 1.54) is 0 Å². The normalized spacial score (nSPS) is 22.6. The molecule has 2 N–H and O–H groups in total. The number of rotatable bonds is 2. The topological polar surface area (TPSA) is 62.2 Å². The Morgan fingerprint density at radius 3 is 2.88 bits per heavy atom. The van der Waals surface area contributed by atoms with Crippen molar-refractivity contribution < 1.29 is 9.90 Å². The van der Waals surface area contributed by atoms with Crippen LogP contribution in [0.15, 0.2) is 48.8 Å². The number of carbonyl (C=O) groups is 1. The van der Waals surface area contributed by atoms with E-state index in [2.05, 4.69) is 22.1 Å². The van der Waals surface area contributed by atoms with Crippen LogP contribution in [-0.2, 0) is 0 Å². The van der Waals surface area contributed by atoms with Crippen LogP contribution in [0.5, 0.6) is 0 Å². The molecule has 4 nitrogen and oxygen atoms in total. The maximum absolute atomic E-state index is 12.3. The van der Waals surface area contributed by atoms with Gasteiger partial charge in [0.15, 0.2) is 0 Å². The highest BCUT2D eigenvalue weighted by molar-refractivity contribution is 6.30. The first-order valence-electron chi connectivity index (χ1n) is 8.26. The maximum atomic E-state index is 12.3. The summed E-state index contributed by atoms with van der Waals surface area (Å²) in [4.78, 5) is 16.2. The van der Waals surface area contributed by atoms with Gasteiger partial charge in [0.05, 0.1) is 0 Å². The van der Waals surface area contributed by atoms with Crippen LogP contribution in [0.3, 0.4) is 0 Å². The van der Waals surface area contributed by atoms with Crippen LogP contribution >= 0.6 is 11.6 Å². The fraction of sp³-hybridized carbons (Fsp3) is 0.300. The van der Waals surface area contributed by atoms with Crippen molar-refractivity contribution in [2.75, 3.05) is 0 Å². The summed E-state index contributed by atoms with van der Waals surface area (Å²) in [6, 6.07) is 10.5. The molecule has 128 valence electrons. The third kappa shape index (κ3) is 4.82. The Bertz CT molecular complexity index is 813. The van der Waals surface area contributed by atoms with E-state index in [0.717, 1.165) is 18.4 Å². The third-order valence-electron chi connectivity index (χ3n) is 4.27. The molecule has 3 rings (SSSR count). The van der Waals surface area contributed by atoms with Crippen molar-refractivity contribution in [2.24, 2.45) is 0 Å². The Labute approximate surface area is 152 Å². The highest BCUT2D eigenvalue weighted by atomic mass is 35.5. The summed E-state index contributed by atoms with van der Waals surface area (Å²) in [5, 5.41) is 14.4. The standard InChI is InChI=1S/C20H19ClN2O2/c21-17-4-1-3-15(13-17)6-10-20(25)9-2-5-18(14-20)23-19(24)16-7-11-22-12-8-16/h1,3-4,7-8,11-13,18,25H,2,5,9,14H2,(H,23,24)/t18-,20+/m0/s1. The Balaban J connectivity index is 1.67. The summed E-state index contributed by atoms with van der Waals surface area (Å²) in [7, 11) is 0. The van der Waals surface area contributed by atoms with Gasteiger partial charge in [-0.25, -0.2) is 0 Å². The summed E-state index contributed by atoms with van der Waals surface area (Å²) in [6.07, 6.45) is 5.82. The van der Waals surface area contributed by atoms with E-state index >= 15 is 0 Å². The van der Waals surface area contributed by atoms with Crippen molar-refractivity contribution in [3.63, 3.8) is 0 Å². The van der Waals surface area contributed by atoms with E-state index < -0.39 is 5.60 Å². The largest absolute Gasteiger partial charge is 0.378 e. The number of halogens is 1. The first-order chi connectivity index (χ1) is 12.0. The van der Waals surface area contributed by atoms with Crippen LogP contribution in [0.4, 0.5) is 0 Å². The van der Waals surface area contributed by atoms with E-state index in [1.807, 2.05) is 12.1 Å². The number of benzene rings is 1. The number of nitrogens with one attached hydrogen (secondary N) is 1. The van der Waals surface area contributed by atoms with E-state index in [1.54, 1.807) is 36.7 Å². The van der Waals surface area contributed by atoms with Gasteiger partial charge in [0, 0.05) is 41.0 Å². The molecule has 0 radical (unpaired) electrons. The van der Waals surface area contributed by atoms with Crippen LogP contribution in [0.2, 0.25) is 5.02 Å². The molecule has 1 fully saturated rings. The van der Waals surface area contributed by atoms with Gasteiger partial charge in [0.1, 0.15) is 5.60 Å². The second-order valence-electron chi connectivity index (χ2n) is 6.29. The zero-order chi connectivity index (χ0) is 17.7. The lowest BCUT2D eigenvalue weighted by molar-refractivity contribution is 0.0452. The fourth-order valence-corrected chi connectivity index (χ4v) is 3.21. The van der Waals surface area contributed by atoms with Crippen LogP contribution in [-0.4, -0.2) is 27.6 Å². The second-order valence-corrected chi connectivity index (χ2v) is 6.73. The van der Waals surface area contributed by atoms with Gasteiger partial charge in [-0.1, -0.05) is 29.5 Å². The van der Waals surface area contributed by atoms with Crippen molar-refractivity contribution in [1.82, 2.24) is 10.3 Å². The molecule has 1 aromatic carbocycles. The van der Waals surface area contributed by atoms with Gasteiger partial charge in [-0.15, -0.1) is 0 Å². The van der Waals surface area contributed by atoms with E-state index in [-0.39, 0.29) is 11.9 Å². The molecule has 1 amide bonds. The first-order valence-corrected chi connectivity index (χ1v) is 8.64. The molecule has 1 aromatic heterocycles. The number of pyridine rings is 1. The molecule has 1 aliphatic rings. The summed E-state index contributed by atoms with van der Waals surface area (Å²) >= 11 is 5.96. The SMILES string of the molecule is O=C(N[C@H]1CCC[C@@](O)(C#Cc2cccc(Cl)c2)C1)c1ccncc1. The molecule has 1 saturated carbocycles. The molecule has 1 heterocycles. The average molecular weight is 355 g/mol. The summed E-state index contributed by atoms with van der Waals surface area (Å²) in [6.45, 7) is 0. The molecule has 1 aliphatic carbocycles. The number of amides is 1. The highest BCUT2D eigenvalue weighted by Crippen LogP contribution is 2.28. The quantitative estimate of drug-likeness (QED) is 0.814. The molecule has 5 heteroatoms. The molecule has 0 unspecified atom stereocenters. The fourth-order valence-electron chi connectivity index (χ4n) is 3.02. The molecule has 0 bridgehead atoms. The van der Waals surface area contributed by atoms with Crippen LogP contribution < -0.4 is 5.32 Å². The van der Waals surface area contributed by atoms with Gasteiger partial charge in [-0.2, -0.15) is 0 Å². The van der Waals surface area contributed by atoms with Crippen molar-refractivity contribution in [1.29, 1.82) is 0 Å². The summed E-state index contributed by atoms with van der Waals surface area (Å²) < 4.78 is 0. The van der Waals surface area contributed by atoms with Gasteiger partial charge in [0.25, 0.3) is 5.91 Å². The molecule has 25 heavy (non-hydrogen) atoms. The van der Waals surface area contributed by atoms with Crippen LogP contribution in [0.1, 0.15) is 41.6 Å². The zero-order valence-corrected chi connectivity index (χ0v) is 14.5. The van der Waals surface area contributed by atoms with E-state index in [9.17, 15) is 9.90 Å². The molecular formula is C20H19ClN2O2. The van der Waals surface area contributed by atoms with E-state index in [0.29, 0.717) is 23.4 Å². The van der Waals surface area contributed by atoms with Crippen molar-refractivity contribution in [3.05, 3.63) is 64.9 Å². The van der Waals surface area contributed by atoms with Crippen molar-refractivity contribution >= 4 is 17.5 Å². The average Bonchev–Trinajstić information content (AvgIpc) is 2.61. The zero-order valence-electron chi connectivity index (χ0n) is 13.7. The number of aliphatic hydroxyl groups is 1. The lowest BCUT2D eigenvalue weighted by atomic mass is 9.82. The van der Waals surface area contributed by atoms with Gasteiger partial charge < -0.3 is 10.4 Å². The minimum atomic E-state index is -1.10. The third-order valence-corrected chi connectivity index (χ3v) is 4.50. The number of hydrogen-bond donors (Lipinski definition) is 2. The first kappa shape index (κ1) is 17.5. The number of hydrogen-bond acceptors (Lipinski definition) is 3. The smallest absolute Gasteiger partial charge is 0.251 e. The molecule has 0 spiro atoms. The second kappa shape index (κ2) is 7.69. The van der Waals surface area contributed by atoms with Crippen LogP contribution in [0, 0.1) is 11.8 Å². The number of nitrogens with zero attached hydrogens (tertiary/aromatic N) is 1. The Morgan fingerprint density at radius 2 is 2.12 bits per heavy atom. The van der Waals surface area contributed by atoms with Gasteiger partial charge in [-0.3, -0.25) is 9.78 Å². The molecule has 0 aliphatic heterocycles. The summed E-state index contributed by atoms with van der Waals surface area (Å²) in [5.74, 6) is 5.81. The predicted octanol–water partition coefficient (Wildman–Crippen LogP) is 3.19. The van der Waals surface area contributed by atoms with Gasteiger partial charge >= 0.3 is 0 Å². The Kier molecular flexibility index (Phi) is 5.37. The molecular weight excluding hydrogens is 336 g/mol.